The van der Waals surface area contributed by atoms with Crippen molar-refractivity contribution in [1.82, 2.24) is 0 Å². The van der Waals surface area contributed by atoms with E-state index in [0.717, 1.165) is 8.06 Å². The molecule has 0 aromatic rings. The summed E-state index contributed by atoms with van der Waals surface area (Å²) in [5.74, 6) is 0. The van der Waals surface area contributed by atoms with Gasteiger partial charge in [-0.3, -0.25) is 5.16 Å². The van der Waals surface area contributed by atoms with Gasteiger partial charge in [-0.05, 0) is 0 Å². The standard InChI is InChI=1S/H5NP4/c1-4-5(2)3/h1H,2-3H2. The Balaban J connectivity index is 2.83. The van der Waals surface area contributed by atoms with Gasteiger partial charge in [0, 0.05) is 15.0 Å². The van der Waals surface area contributed by atoms with E-state index in [0.29, 0.717) is 0 Å². The third-order valence-corrected chi connectivity index (χ3v) is 3.12. The highest BCUT2D eigenvalue weighted by atomic mass is 32.7. The summed E-state index contributed by atoms with van der Waals surface area (Å²) in [4.78, 5) is 0. The van der Waals surface area contributed by atoms with Gasteiger partial charge in [0.25, 0.3) is 0 Å². The van der Waals surface area contributed by atoms with Crippen molar-refractivity contribution >= 4 is 32.9 Å². The molecule has 2 atom stereocenters. The van der Waals surface area contributed by atoms with Gasteiger partial charge >= 0.3 is 0 Å². The molecule has 0 radical (unpaired) electrons. The minimum absolute atomic E-state index is 0.126. The lowest BCUT2D eigenvalue weighted by Gasteiger charge is -1.81. The molecule has 0 amide bonds. The van der Waals surface area contributed by atoms with Gasteiger partial charge in [-0.2, -0.15) is 0 Å². The Bertz CT molecular complexity index is 30.6. The van der Waals surface area contributed by atoms with Crippen LogP contribution in [0.15, 0.2) is 0 Å². The molecule has 5 heavy (non-hydrogen) atoms. The van der Waals surface area contributed by atoms with Crippen LogP contribution in [0.3, 0.4) is 0 Å². The molecule has 0 aliphatic heterocycles. The summed E-state index contributed by atoms with van der Waals surface area (Å²) in [6.45, 7) is -0.126. The Kier molecular flexibility index (Phi) is 4.57. The van der Waals surface area contributed by atoms with Crippen LogP contribution >= 0.6 is 32.9 Å². The van der Waals surface area contributed by atoms with E-state index in [1.165, 1.54) is 0 Å². The number of nitrogens with one attached hydrogen (secondary N) is 1. The first kappa shape index (κ1) is 6.39. The van der Waals surface area contributed by atoms with Gasteiger partial charge in [0.15, 0.2) is 0 Å². The van der Waals surface area contributed by atoms with Gasteiger partial charge in [0.1, 0.15) is 0 Å². The fourth-order valence-electron chi connectivity index (χ4n) is 0. The second kappa shape index (κ2) is 3.58. The van der Waals surface area contributed by atoms with Gasteiger partial charge < -0.3 is 0 Å². The molecule has 0 aliphatic carbocycles. The summed E-state index contributed by atoms with van der Waals surface area (Å²) in [6, 6.07) is 0. The Morgan fingerprint density at radius 1 is 1.60 bits per heavy atom. The van der Waals surface area contributed by atoms with E-state index in [1.807, 2.05) is 0 Å². The van der Waals surface area contributed by atoms with Gasteiger partial charge in [-0.15, -0.1) is 0 Å². The predicted molar refractivity (Wildman–Crippen MR) is 36.0 cm³/mol. The normalized spacial score (nSPS) is 10.2. The highest BCUT2D eigenvalue weighted by molar-refractivity contribution is 8.67. The maximum atomic E-state index is 6.62. The number of hydrogen-bond donors (Lipinski definition) is 1. The summed E-state index contributed by atoms with van der Waals surface area (Å²) in [5.41, 5.74) is 0. The van der Waals surface area contributed by atoms with Crippen LogP contribution in [-0.2, 0) is 0 Å². The molecule has 0 aromatic heterocycles. The Labute approximate surface area is 38.8 Å². The first-order chi connectivity index (χ1) is 2.27. The van der Waals surface area contributed by atoms with Gasteiger partial charge in [-0.1, -0.05) is 17.9 Å². The molecule has 0 aliphatic rings. The molecule has 1 N–H and O–H groups in total. The molecule has 0 heterocycles. The summed E-state index contributed by atoms with van der Waals surface area (Å²) < 4.78 is 0. The zero-order chi connectivity index (χ0) is 4.28. The van der Waals surface area contributed by atoms with Crippen molar-refractivity contribution < 1.29 is 0 Å². The molecule has 0 bridgehead atoms. The third-order valence-electron chi connectivity index (χ3n) is 0.115. The van der Waals surface area contributed by atoms with Crippen LogP contribution in [0.4, 0.5) is 0 Å². The van der Waals surface area contributed by atoms with E-state index in [-0.39, 0.29) is 6.99 Å². The molecule has 0 spiro atoms. The lowest BCUT2D eigenvalue weighted by Crippen LogP contribution is -0.968. The van der Waals surface area contributed by atoms with Crippen molar-refractivity contribution in [2.45, 2.75) is 0 Å². The molecular formula is H5NP4. The average Bonchev–Trinajstić information content (AvgIpc) is 1.38. The molecular weight excluding hydrogens is 138 g/mol. The lowest BCUT2D eigenvalue weighted by molar-refractivity contribution is 1.66. The van der Waals surface area contributed by atoms with Crippen LogP contribution in [0.1, 0.15) is 0 Å². The second-order valence-corrected chi connectivity index (χ2v) is 11.2. The molecule has 0 rings (SSSR count). The Hall–Kier alpha value is 1.39. The van der Waals surface area contributed by atoms with Crippen molar-refractivity contribution in [3.05, 3.63) is 0 Å². The summed E-state index contributed by atoms with van der Waals surface area (Å²) in [6.07, 6.45) is 0. The first-order valence-electron chi connectivity index (χ1n) is 0.940. The molecule has 5 heteroatoms. The zero-order valence-corrected chi connectivity index (χ0v) is 6.65. The maximum absolute atomic E-state index is 6.62. The number of rotatable bonds is 1. The summed E-state index contributed by atoms with van der Waals surface area (Å²) in [7, 11) is 5.86. The molecule has 0 fully saturated rings. The molecule has 0 saturated carbocycles. The molecule has 0 saturated heterocycles. The number of hydrogen-bond acceptors (Lipinski definition) is 1. The zero-order valence-electron chi connectivity index (χ0n) is 2.55. The highest BCUT2D eigenvalue weighted by Gasteiger charge is 1.76. The van der Waals surface area contributed by atoms with Crippen LogP contribution < -0.4 is 0 Å². The second-order valence-electron chi connectivity index (χ2n) is 0.480. The van der Waals surface area contributed by atoms with Crippen molar-refractivity contribution in [3.8, 4) is 0 Å². The van der Waals surface area contributed by atoms with Crippen LogP contribution in [0.5, 0.6) is 0 Å². The molecule has 30 valence electrons. The first-order valence-corrected chi connectivity index (χ1v) is 7.12. The van der Waals surface area contributed by atoms with E-state index < -0.39 is 0 Å². The Morgan fingerprint density at radius 2 is 1.80 bits per heavy atom. The smallest absolute Gasteiger partial charge is 0.0345 e. The maximum Gasteiger partial charge on any atom is 0.0345 e. The van der Waals surface area contributed by atoms with Gasteiger partial charge in [0.2, 0.25) is 0 Å². The van der Waals surface area contributed by atoms with Crippen molar-refractivity contribution in [3.63, 3.8) is 0 Å². The van der Waals surface area contributed by atoms with E-state index in [4.69, 9.17) is 5.16 Å². The van der Waals surface area contributed by atoms with Crippen LogP contribution in [0, 0.1) is 5.16 Å². The van der Waals surface area contributed by atoms with Gasteiger partial charge in [-0.25, -0.2) is 0 Å². The van der Waals surface area contributed by atoms with Crippen LogP contribution in [0.2, 0.25) is 0 Å². The molecule has 0 aromatic carbocycles. The molecule has 2 unspecified atom stereocenters. The summed E-state index contributed by atoms with van der Waals surface area (Å²) in [5, 5.41) is 6.62. The van der Waals surface area contributed by atoms with Crippen molar-refractivity contribution in [2.24, 2.45) is 0 Å². The van der Waals surface area contributed by atoms with Crippen LogP contribution in [-0.4, -0.2) is 0 Å². The fourth-order valence-corrected chi connectivity index (χ4v) is 0. The van der Waals surface area contributed by atoms with Crippen molar-refractivity contribution in [2.75, 3.05) is 0 Å². The monoisotopic (exact) mass is 143 g/mol. The topological polar surface area (TPSA) is 23.9 Å². The van der Waals surface area contributed by atoms with E-state index in [2.05, 4.69) is 17.9 Å². The highest BCUT2D eigenvalue weighted by Crippen LogP contribution is 2.63. The average molecular weight is 143 g/mol. The van der Waals surface area contributed by atoms with E-state index in [1.54, 1.807) is 0 Å². The van der Waals surface area contributed by atoms with E-state index >= 15 is 0 Å². The lowest BCUT2D eigenvalue weighted by atomic mass is 14.0. The molecule has 1 nitrogen and oxygen atoms in total. The minimum atomic E-state index is -0.126. The Morgan fingerprint density at radius 3 is 1.80 bits per heavy atom. The van der Waals surface area contributed by atoms with Crippen molar-refractivity contribution in [1.29, 1.82) is 5.16 Å². The third kappa shape index (κ3) is 5.39. The van der Waals surface area contributed by atoms with Crippen LogP contribution in [0.25, 0.3) is 0 Å². The summed E-state index contributed by atoms with van der Waals surface area (Å²) >= 11 is 0. The minimum Gasteiger partial charge on any atom is -0.279 e. The van der Waals surface area contributed by atoms with E-state index in [9.17, 15) is 0 Å². The SMILES string of the molecule is N=PP(P)P. The largest absolute Gasteiger partial charge is 0.279 e. The van der Waals surface area contributed by atoms with Gasteiger partial charge in [0.05, 0.1) is 0 Å². The predicted octanol–water partition coefficient (Wildman–Crippen LogP) is 2.67. The quantitative estimate of drug-likeness (QED) is 0.545. The fraction of sp³-hybridized carbons (Fsp3) is 0.